The molecule has 0 fully saturated rings. The number of carbonyl (C=O) groups is 1. The van der Waals surface area contributed by atoms with Crippen LogP contribution in [0.25, 0.3) is 0 Å². The van der Waals surface area contributed by atoms with Gasteiger partial charge in [0.15, 0.2) is 5.82 Å². The normalized spacial score (nSPS) is 10.4. The van der Waals surface area contributed by atoms with Gasteiger partial charge in [0.25, 0.3) is 11.5 Å². The van der Waals surface area contributed by atoms with E-state index in [9.17, 15) is 19.1 Å². The number of para-hydroxylation sites is 1. The molecule has 1 heterocycles. The highest BCUT2D eigenvalue weighted by molar-refractivity contribution is 6.03. The van der Waals surface area contributed by atoms with E-state index >= 15 is 0 Å². The molecule has 0 aliphatic heterocycles. The van der Waals surface area contributed by atoms with Crippen LogP contribution in [0.3, 0.4) is 0 Å². The van der Waals surface area contributed by atoms with E-state index < -0.39 is 11.7 Å². The van der Waals surface area contributed by atoms with Crippen molar-refractivity contribution in [1.29, 1.82) is 0 Å². The number of carbonyl (C=O) groups excluding carboxylic acids is 1. The molecule has 6 nitrogen and oxygen atoms in total. The molecule has 0 spiro atoms. The molecule has 7 heteroatoms. The van der Waals surface area contributed by atoms with Crippen molar-refractivity contribution in [3.05, 3.63) is 52.2 Å². The summed E-state index contributed by atoms with van der Waals surface area (Å²) in [4.78, 5) is 23.5. The number of rotatable bonds is 4. The minimum atomic E-state index is -0.759. The van der Waals surface area contributed by atoms with Gasteiger partial charge in [-0.05, 0) is 24.6 Å². The minimum Gasteiger partial charge on any atom is -0.506 e. The van der Waals surface area contributed by atoms with Crippen LogP contribution in [0.15, 0.2) is 35.1 Å². The summed E-state index contributed by atoms with van der Waals surface area (Å²) < 4.78 is 14.7. The predicted molar refractivity (Wildman–Crippen MR) is 74.8 cm³/mol. The first kappa shape index (κ1) is 14.7. The number of hydrogen-bond acceptors (Lipinski definition) is 4. The first-order valence-corrected chi connectivity index (χ1v) is 6.40. The zero-order chi connectivity index (χ0) is 15.4. The number of benzene rings is 1. The van der Waals surface area contributed by atoms with Gasteiger partial charge in [-0.1, -0.05) is 13.0 Å². The molecule has 2 N–H and O–H groups in total. The van der Waals surface area contributed by atoms with Crippen molar-refractivity contribution in [2.45, 2.75) is 19.9 Å². The Kier molecular flexibility index (Phi) is 4.32. The topological polar surface area (TPSA) is 84.2 Å². The number of hydrogen-bond donors (Lipinski definition) is 2. The first-order valence-electron chi connectivity index (χ1n) is 6.40. The Labute approximate surface area is 119 Å². The molecule has 21 heavy (non-hydrogen) atoms. The Bertz CT molecular complexity index is 707. The molecule has 0 atom stereocenters. The molecule has 0 bridgehead atoms. The standard InChI is InChI=1S/C14H14FN3O3/c1-2-8-18-12(20)7-6-10(17-18)14(21)16-13-9(15)4-3-5-11(13)19/h3-7,19H,2,8H2,1H3,(H,16,21). The predicted octanol–water partition coefficient (Wildman–Crippen LogP) is 1.75. The minimum absolute atomic E-state index is 0.0364. The second-order valence-corrected chi connectivity index (χ2v) is 4.37. The van der Waals surface area contributed by atoms with Crippen molar-refractivity contribution in [1.82, 2.24) is 9.78 Å². The van der Waals surface area contributed by atoms with Gasteiger partial charge in [-0.3, -0.25) is 9.59 Å². The molecule has 2 rings (SSSR count). The van der Waals surface area contributed by atoms with E-state index in [4.69, 9.17) is 0 Å². The van der Waals surface area contributed by atoms with Gasteiger partial charge in [-0.15, -0.1) is 0 Å². The van der Waals surface area contributed by atoms with E-state index in [0.29, 0.717) is 13.0 Å². The maximum absolute atomic E-state index is 13.5. The quantitative estimate of drug-likeness (QED) is 0.840. The molecule has 0 aliphatic carbocycles. The second kappa shape index (κ2) is 6.17. The van der Waals surface area contributed by atoms with Gasteiger partial charge in [0.1, 0.15) is 17.1 Å². The third kappa shape index (κ3) is 3.25. The highest BCUT2D eigenvalue weighted by Gasteiger charge is 2.14. The Morgan fingerprint density at radius 1 is 1.38 bits per heavy atom. The van der Waals surface area contributed by atoms with Crippen molar-refractivity contribution >= 4 is 11.6 Å². The van der Waals surface area contributed by atoms with Crippen LogP contribution in [0.4, 0.5) is 10.1 Å². The summed E-state index contributed by atoms with van der Waals surface area (Å²) in [6, 6.07) is 6.16. The van der Waals surface area contributed by atoms with E-state index in [2.05, 4.69) is 10.4 Å². The van der Waals surface area contributed by atoms with Gasteiger partial charge < -0.3 is 10.4 Å². The number of phenols is 1. The molecular weight excluding hydrogens is 277 g/mol. The smallest absolute Gasteiger partial charge is 0.276 e. The summed E-state index contributed by atoms with van der Waals surface area (Å²) in [5.74, 6) is -1.85. The molecule has 0 aliphatic rings. The molecule has 0 radical (unpaired) electrons. The third-order valence-electron chi connectivity index (χ3n) is 2.76. The second-order valence-electron chi connectivity index (χ2n) is 4.37. The van der Waals surface area contributed by atoms with Gasteiger partial charge in [0, 0.05) is 12.6 Å². The SMILES string of the molecule is CCCn1nc(C(=O)Nc2c(O)cccc2F)ccc1=O. The van der Waals surface area contributed by atoms with Gasteiger partial charge in [-0.25, -0.2) is 9.07 Å². The Morgan fingerprint density at radius 2 is 2.14 bits per heavy atom. The number of phenolic OH excluding ortho intramolecular Hbond substituents is 1. The summed E-state index contributed by atoms with van der Waals surface area (Å²) in [6.45, 7) is 2.25. The Balaban J connectivity index is 2.29. The van der Waals surface area contributed by atoms with E-state index in [1.54, 1.807) is 0 Å². The van der Waals surface area contributed by atoms with Crippen molar-refractivity contribution in [2.24, 2.45) is 0 Å². The summed E-state index contributed by atoms with van der Waals surface area (Å²) in [5.41, 5.74) is -0.676. The summed E-state index contributed by atoms with van der Waals surface area (Å²) in [7, 11) is 0. The largest absolute Gasteiger partial charge is 0.506 e. The third-order valence-corrected chi connectivity index (χ3v) is 2.76. The maximum atomic E-state index is 13.5. The molecule has 2 aromatic rings. The molecule has 1 amide bonds. The number of aromatic hydroxyl groups is 1. The van der Waals surface area contributed by atoms with Gasteiger partial charge in [0.05, 0.1) is 0 Å². The highest BCUT2D eigenvalue weighted by Crippen LogP contribution is 2.25. The fraction of sp³-hybridized carbons (Fsp3) is 0.214. The summed E-state index contributed by atoms with van der Waals surface area (Å²) >= 11 is 0. The number of nitrogens with zero attached hydrogens (tertiary/aromatic N) is 2. The maximum Gasteiger partial charge on any atom is 0.276 e. The fourth-order valence-electron chi connectivity index (χ4n) is 1.76. The molecule has 0 saturated heterocycles. The van der Waals surface area contributed by atoms with Gasteiger partial charge >= 0.3 is 0 Å². The van der Waals surface area contributed by atoms with Crippen LogP contribution in [0, 0.1) is 5.82 Å². The van der Waals surface area contributed by atoms with Crippen LogP contribution in [0.2, 0.25) is 0 Å². The summed E-state index contributed by atoms with van der Waals surface area (Å²) in [6.07, 6.45) is 0.687. The molecular formula is C14H14FN3O3. The number of amides is 1. The molecule has 110 valence electrons. The number of nitrogens with one attached hydrogen (secondary N) is 1. The van der Waals surface area contributed by atoms with E-state index in [-0.39, 0.29) is 22.7 Å². The van der Waals surface area contributed by atoms with E-state index in [1.165, 1.54) is 24.3 Å². The lowest BCUT2D eigenvalue weighted by atomic mass is 10.2. The highest BCUT2D eigenvalue weighted by atomic mass is 19.1. The van der Waals surface area contributed by atoms with Crippen molar-refractivity contribution in [3.63, 3.8) is 0 Å². The average Bonchev–Trinajstić information content (AvgIpc) is 2.45. The fourth-order valence-corrected chi connectivity index (χ4v) is 1.76. The van der Waals surface area contributed by atoms with Crippen LogP contribution in [0.1, 0.15) is 23.8 Å². The number of aromatic nitrogens is 2. The van der Waals surface area contributed by atoms with Crippen LogP contribution < -0.4 is 10.9 Å². The van der Waals surface area contributed by atoms with E-state index in [1.807, 2.05) is 6.92 Å². The molecule has 1 aromatic carbocycles. The average molecular weight is 291 g/mol. The van der Waals surface area contributed by atoms with Crippen molar-refractivity contribution in [2.75, 3.05) is 5.32 Å². The summed E-state index contributed by atoms with van der Waals surface area (Å²) in [5, 5.41) is 15.7. The van der Waals surface area contributed by atoms with Crippen LogP contribution in [-0.2, 0) is 6.54 Å². The van der Waals surface area contributed by atoms with Crippen molar-refractivity contribution < 1.29 is 14.3 Å². The van der Waals surface area contributed by atoms with Gasteiger partial charge in [-0.2, -0.15) is 5.10 Å². The molecule has 0 saturated carbocycles. The zero-order valence-corrected chi connectivity index (χ0v) is 11.3. The Morgan fingerprint density at radius 3 is 2.81 bits per heavy atom. The lowest BCUT2D eigenvalue weighted by Crippen LogP contribution is -2.26. The first-order chi connectivity index (χ1) is 10.0. The monoisotopic (exact) mass is 291 g/mol. The van der Waals surface area contributed by atoms with E-state index in [0.717, 1.165) is 10.7 Å². The van der Waals surface area contributed by atoms with Crippen LogP contribution in [-0.4, -0.2) is 20.8 Å². The van der Waals surface area contributed by atoms with Gasteiger partial charge in [0.2, 0.25) is 0 Å². The van der Waals surface area contributed by atoms with Crippen molar-refractivity contribution in [3.8, 4) is 5.75 Å². The lowest BCUT2D eigenvalue weighted by molar-refractivity contribution is 0.101. The zero-order valence-electron chi connectivity index (χ0n) is 11.3. The molecule has 0 unspecified atom stereocenters. The lowest BCUT2D eigenvalue weighted by Gasteiger charge is -2.09. The number of aryl methyl sites for hydroxylation is 1. The number of halogens is 1. The molecule has 1 aromatic heterocycles. The van der Waals surface area contributed by atoms with Crippen LogP contribution >= 0.6 is 0 Å². The number of anilines is 1. The van der Waals surface area contributed by atoms with Crippen LogP contribution in [0.5, 0.6) is 5.75 Å². The Hall–Kier alpha value is -2.70.